The van der Waals surface area contributed by atoms with Crippen LogP contribution in [0.3, 0.4) is 0 Å². The third kappa shape index (κ3) is 3.30. The lowest BCUT2D eigenvalue weighted by atomic mass is 10.1. The van der Waals surface area contributed by atoms with E-state index in [0.29, 0.717) is 18.9 Å². The molecule has 0 aromatic carbocycles. The zero-order valence-corrected chi connectivity index (χ0v) is 11.3. The van der Waals surface area contributed by atoms with Crippen LogP contribution in [0.15, 0.2) is 0 Å². The lowest BCUT2D eigenvalue weighted by Gasteiger charge is -2.31. The number of nitrogens with one attached hydrogen (secondary N) is 2. The maximum atomic E-state index is 11.9. The molecule has 1 saturated heterocycles. The molecule has 19 heavy (non-hydrogen) atoms. The topological polar surface area (TPSA) is 91.0 Å². The molecule has 7 heteroatoms. The van der Waals surface area contributed by atoms with E-state index >= 15 is 0 Å². The van der Waals surface area contributed by atoms with Gasteiger partial charge in [-0.2, -0.15) is 0 Å². The van der Waals surface area contributed by atoms with Crippen LogP contribution in [0.25, 0.3) is 0 Å². The predicted molar refractivity (Wildman–Crippen MR) is 68.5 cm³/mol. The van der Waals surface area contributed by atoms with Gasteiger partial charge in [0.25, 0.3) is 5.91 Å². The molecule has 0 saturated carbocycles. The second kappa shape index (κ2) is 5.81. The molecule has 1 fully saturated rings. The van der Waals surface area contributed by atoms with Gasteiger partial charge in [-0.15, -0.1) is 5.10 Å². The molecule has 0 atom stereocenters. The summed E-state index contributed by atoms with van der Waals surface area (Å²) >= 11 is 0. The molecule has 1 aromatic heterocycles. The second-order valence-corrected chi connectivity index (χ2v) is 4.71. The van der Waals surface area contributed by atoms with Crippen molar-refractivity contribution in [3.63, 3.8) is 0 Å². The molecule has 2 rings (SSSR count). The van der Waals surface area contributed by atoms with Gasteiger partial charge in [-0.05, 0) is 12.8 Å². The van der Waals surface area contributed by atoms with Gasteiger partial charge in [0.1, 0.15) is 5.82 Å². The van der Waals surface area contributed by atoms with Crippen LogP contribution < -0.4 is 5.32 Å². The molecule has 2 amide bonds. The quantitative estimate of drug-likeness (QED) is 0.811. The van der Waals surface area contributed by atoms with Gasteiger partial charge in [-0.3, -0.25) is 14.7 Å². The van der Waals surface area contributed by atoms with Crippen LogP contribution >= 0.6 is 0 Å². The predicted octanol–water partition coefficient (Wildman–Crippen LogP) is 0.108. The van der Waals surface area contributed by atoms with Gasteiger partial charge in [-0.25, -0.2) is 4.98 Å². The van der Waals surface area contributed by atoms with Crippen molar-refractivity contribution < 1.29 is 9.59 Å². The van der Waals surface area contributed by atoms with E-state index < -0.39 is 0 Å². The van der Waals surface area contributed by atoms with Gasteiger partial charge in [-0.1, -0.05) is 6.92 Å². The minimum Gasteiger partial charge on any atom is -0.346 e. The molecular formula is C12H19N5O2. The molecule has 104 valence electrons. The first-order chi connectivity index (χ1) is 9.10. The Morgan fingerprint density at radius 3 is 2.63 bits per heavy atom. The number of aromatic nitrogens is 3. The first-order valence-corrected chi connectivity index (χ1v) is 6.57. The second-order valence-electron chi connectivity index (χ2n) is 4.71. The molecule has 0 aliphatic carbocycles. The molecule has 0 unspecified atom stereocenters. The summed E-state index contributed by atoms with van der Waals surface area (Å²) in [6.45, 7) is 4.89. The summed E-state index contributed by atoms with van der Waals surface area (Å²) < 4.78 is 0. The van der Waals surface area contributed by atoms with E-state index in [1.54, 1.807) is 11.8 Å². The van der Waals surface area contributed by atoms with E-state index in [2.05, 4.69) is 20.5 Å². The number of aromatic amines is 1. The van der Waals surface area contributed by atoms with Crippen molar-refractivity contribution in [2.75, 3.05) is 13.1 Å². The molecule has 1 aliphatic heterocycles. The Labute approximate surface area is 111 Å². The standard InChI is InChI=1S/C12H19N5O2/c1-3-10-14-11(16-15-10)12(19)13-9-4-6-17(7-5-9)8(2)18/h9H,3-7H2,1-2H3,(H,13,19)(H,14,15,16). The Bertz CT molecular complexity index is 462. The number of hydrogen-bond donors (Lipinski definition) is 2. The molecule has 1 aliphatic rings. The minimum atomic E-state index is -0.253. The fourth-order valence-electron chi connectivity index (χ4n) is 2.14. The Morgan fingerprint density at radius 2 is 2.11 bits per heavy atom. The fourth-order valence-corrected chi connectivity index (χ4v) is 2.14. The van der Waals surface area contributed by atoms with Crippen LogP contribution in [0.1, 0.15) is 43.1 Å². The van der Waals surface area contributed by atoms with E-state index in [9.17, 15) is 9.59 Å². The van der Waals surface area contributed by atoms with Gasteiger partial charge in [0.2, 0.25) is 11.7 Å². The van der Waals surface area contributed by atoms with Crippen LogP contribution in [0.4, 0.5) is 0 Å². The highest BCUT2D eigenvalue weighted by Crippen LogP contribution is 2.10. The number of piperidine rings is 1. The van der Waals surface area contributed by atoms with Crippen molar-refractivity contribution in [2.24, 2.45) is 0 Å². The Kier molecular flexibility index (Phi) is 4.13. The van der Waals surface area contributed by atoms with Crippen LogP contribution in [-0.2, 0) is 11.2 Å². The third-order valence-electron chi connectivity index (χ3n) is 3.35. The van der Waals surface area contributed by atoms with E-state index in [4.69, 9.17) is 0 Å². The first-order valence-electron chi connectivity index (χ1n) is 6.57. The summed E-state index contributed by atoms with van der Waals surface area (Å²) in [5.74, 6) is 0.728. The molecule has 2 N–H and O–H groups in total. The highest BCUT2D eigenvalue weighted by Gasteiger charge is 2.23. The highest BCUT2D eigenvalue weighted by molar-refractivity contribution is 5.90. The number of amides is 2. The molecule has 1 aromatic rings. The molecule has 0 spiro atoms. The van der Waals surface area contributed by atoms with Gasteiger partial charge in [0, 0.05) is 32.5 Å². The van der Waals surface area contributed by atoms with Crippen LogP contribution in [-0.4, -0.2) is 51.0 Å². The largest absolute Gasteiger partial charge is 0.346 e. The normalized spacial score (nSPS) is 16.4. The molecule has 2 heterocycles. The summed E-state index contributed by atoms with van der Waals surface area (Å²) in [5.41, 5.74) is 0. The van der Waals surface area contributed by atoms with Crippen LogP contribution in [0, 0.1) is 0 Å². The number of carbonyl (C=O) groups excluding carboxylic acids is 2. The van der Waals surface area contributed by atoms with Crippen molar-refractivity contribution in [1.29, 1.82) is 0 Å². The Balaban J connectivity index is 1.85. The molecular weight excluding hydrogens is 246 g/mol. The number of likely N-dealkylation sites (tertiary alicyclic amines) is 1. The van der Waals surface area contributed by atoms with Gasteiger partial charge in [0.05, 0.1) is 0 Å². The molecule has 7 nitrogen and oxygen atoms in total. The smallest absolute Gasteiger partial charge is 0.291 e. The summed E-state index contributed by atoms with van der Waals surface area (Å²) in [7, 11) is 0. The fraction of sp³-hybridized carbons (Fsp3) is 0.667. The van der Waals surface area contributed by atoms with Gasteiger partial charge >= 0.3 is 0 Å². The minimum absolute atomic E-state index is 0.0892. The van der Waals surface area contributed by atoms with Crippen LogP contribution in [0.2, 0.25) is 0 Å². The van der Waals surface area contributed by atoms with E-state index in [1.807, 2.05) is 6.92 Å². The average molecular weight is 265 g/mol. The van der Waals surface area contributed by atoms with Crippen molar-refractivity contribution in [3.05, 3.63) is 11.6 Å². The number of carbonyl (C=O) groups is 2. The van der Waals surface area contributed by atoms with E-state index in [1.165, 1.54) is 0 Å². The lowest BCUT2D eigenvalue weighted by Crippen LogP contribution is -2.46. The van der Waals surface area contributed by atoms with Crippen molar-refractivity contribution in [1.82, 2.24) is 25.4 Å². The zero-order valence-electron chi connectivity index (χ0n) is 11.3. The Morgan fingerprint density at radius 1 is 1.42 bits per heavy atom. The SMILES string of the molecule is CCc1nc(C(=O)NC2CCN(C(C)=O)CC2)n[nH]1. The number of aryl methyl sites for hydroxylation is 1. The number of H-pyrrole nitrogens is 1. The first kappa shape index (κ1) is 13.5. The summed E-state index contributed by atoms with van der Waals surface area (Å²) in [4.78, 5) is 29.0. The van der Waals surface area contributed by atoms with Crippen LogP contribution in [0.5, 0.6) is 0 Å². The van der Waals surface area contributed by atoms with Gasteiger partial charge < -0.3 is 10.2 Å². The van der Waals surface area contributed by atoms with Crippen molar-refractivity contribution in [2.45, 2.75) is 39.2 Å². The van der Waals surface area contributed by atoms with E-state index in [0.717, 1.165) is 19.3 Å². The number of hydrogen-bond acceptors (Lipinski definition) is 4. The summed E-state index contributed by atoms with van der Waals surface area (Å²) in [5, 5.41) is 9.51. The maximum absolute atomic E-state index is 11.9. The van der Waals surface area contributed by atoms with E-state index in [-0.39, 0.29) is 23.7 Å². The molecule has 0 bridgehead atoms. The molecule has 0 radical (unpaired) electrons. The third-order valence-corrected chi connectivity index (χ3v) is 3.35. The zero-order chi connectivity index (χ0) is 13.8. The van der Waals surface area contributed by atoms with Gasteiger partial charge in [0.15, 0.2) is 0 Å². The Hall–Kier alpha value is -1.92. The summed E-state index contributed by atoms with van der Waals surface area (Å²) in [6, 6.07) is 0.0895. The van der Waals surface area contributed by atoms with Crippen molar-refractivity contribution >= 4 is 11.8 Å². The number of rotatable bonds is 3. The average Bonchev–Trinajstić information content (AvgIpc) is 2.88. The lowest BCUT2D eigenvalue weighted by molar-refractivity contribution is -0.129. The monoisotopic (exact) mass is 265 g/mol. The summed E-state index contributed by atoms with van der Waals surface area (Å²) in [6.07, 6.45) is 2.27. The maximum Gasteiger partial charge on any atom is 0.291 e. The highest BCUT2D eigenvalue weighted by atomic mass is 16.2. The number of nitrogens with zero attached hydrogens (tertiary/aromatic N) is 3. The van der Waals surface area contributed by atoms with Crippen molar-refractivity contribution in [3.8, 4) is 0 Å².